The molecule has 0 bridgehead atoms. The largest absolute Gasteiger partial charge is 0.453 e. The number of aliphatic hydroxyl groups is 4. The Morgan fingerprint density at radius 3 is 2.12 bits per heavy atom. The monoisotopic (exact) mass is 254 g/mol. The molecule has 0 aromatic rings. The Kier molecular flexibility index (Phi) is 14.2. The Balaban J connectivity index is 0. The summed E-state index contributed by atoms with van der Waals surface area (Å²) in [5, 5.41) is 35.9. The van der Waals surface area contributed by atoms with Gasteiger partial charge in [0, 0.05) is 6.54 Å². The molecule has 2 atom stereocenters. The molecule has 0 aliphatic heterocycles. The Morgan fingerprint density at radius 2 is 1.82 bits per heavy atom. The number of amides is 1. The molecule has 8 nitrogen and oxygen atoms in total. The summed E-state index contributed by atoms with van der Waals surface area (Å²) >= 11 is 0. The fraction of sp³-hybridized carbons (Fsp3) is 0.889. The normalized spacial score (nSPS) is 13.1. The van der Waals surface area contributed by atoms with Crippen molar-refractivity contribution in [3.63, 3.8) is 0 Å². The zero-order valence-corrected chi connectivity index (χ0v) is 9.87. The van der Waals surface area contributed by atoms with Gasteiger partial charge < -0.3 is 36.2 Å². The van der Waals surface area contributed by atoms with Crippen LogP contribution in [0.2, 0.25) is 0 Å². The first kappa shape index (κ1) is 18.4. The van der Waals surface area contributed by atoms with E-state index in [0.717, 1.165) is 0 Å². The van der Waals surface area contributed by atoms with E-state index in [1.165, 1.54) is 7.11 Å². The molecule has 0 heterocycles. The van der Waals surface area contributed by atoms with E-state index in [-0.39, 0.29) is 19.8 Å². The van der Waals surface area contributed by atoms with Gasteiger partial charge in [-0.2, -0.15) is 0 Å². The van der Waals surface area contributed by atoms with E-state index in [0.29, 0.717) is 13.0 Å². The second-order valence-corrected chi connectivity index (χ2v) is 3.12. The Morgan fingerprint density at radius 1 is 1.29 bits per heavy atom. The summed E-state index contributed by atoms with van der Waals surface area (Å²) in [5.74, 6) is 0. The molecule has 1 amide bonds. The van der Waals surface area contributed by atoms with Crippen molar-refractivity contribution < 1.29 is 30.0 Å². The molecule has 8 heteroatoms. The van der Waals surface area contributed by atoms with E-state index in [2.05, 4.69) is 10.1 Å². The van der Waals surface area contributed by atoms with Gasteiger partial charge in [0.05, 0.1) is 32.5 Å². The van der Waals surface area contributed by atoms with Gasteiger partial charge in [-0.05, 0) is 13.0 Å². The van der Waals surface area contributed by atoms with Crippen LogP contribution in [-0.2, 0) is 4.74 Å². The Labute approximate surface area is 100 Å². The number of hydrogen-bond acceptors (Lipinski definition) is 7. The molecule has 0 aliphatic carbocycles. The molecule has 0 aliphatic rings. The third-order valence-corrected chi connectivity index (χ3v) is 1.59. The van der Waals surface area contributed by atoms with E-state index < -0.39 is 18.3 Å². The molecule has 0 unspecified atom stereocenters. The van der Waals surface area contributed by atoms with Crippen molar-refractivity contribution in [3.8, 4) is 0 Å². The van der Waals surface area contributed by atoms with Crippen LogP contribution in [-0.4, -0.2) is 72.1 Å². The lowest BCUT2D eigenvalue weighted by molar-refractivity contribution is 0.0902. The standard InChI is InChI=1S/C5H11NO4.C4H11NO2/c1-10-5(9)6-2-4(8)3-7;5-2-1-4(7)3-6/h4,7-8H,2-3H2,1H3,(H,6,9);4,6-7H,1-3,5H2/t2*4-/m00/s1. The van der Waals surface area contributed by atoms with Crippen molar-refractivity contribution in [1.29, 1.82) is 0 Å². The Bertz CT molecular complexity index is 181. The number of hydrogen-bond donors (Lipinski definition) is 6. The number of carbonyl (C=O) groups is 1. The van der Waals surface area contributed by atoms with Crippen LogP contribution in [0.15, 0.2) is 0 Å². The molecule has 17 heavy (non-hydrogen) atoms. The van der Waals surface area contributed by atoms with Crippen molar-refractivity contribution in [2.75, 3.05) is 33.4 Å². The summed E-state index contributed by atoms with van der Waals surface area (Å²) in [6.07, 6.45) is -1.67. The van der Waals surface area contributed by atoms with Crippen molar-refractivity contribution >= 4 is 6.09 Å². The van der Waals surface area contributed by atoms with Gasteiger partial charge in [0.25, 0.3) is 0 Å². The third kappa shape index (κ3) is 15.1. The number of carbonyl (C=O) groups excluding carboxylic acids is 1. The SMILES string of the molecule is COC(=O)NC[C@H](O)CO.NCC[C@H](O)CO. The van der Waals surface area contributed by atoms with E-state index in [9.17, 15) is 4.79 Å². The fourth-order valence-corrected chi connectivity index (χ4v) is 0.622. The van der Waals surface area contributed by atoms with Crippen LogP contribution >= 0.6 is 0 Å². The topological polar surface area (TPSA) is 145 Å². The van der Waals surface area contributed by atoms with Crippen molar-refractivity contribution in [1.82, 2.24) is 5.32 Å². The van der Waals surface area contributed by atoms with Gasteiger partial charge >= 0.3 is 6.09 Å². The summed E-state index contributed by atoms with van der Waals surface area (Å²) in [5.41, 5.74) is 5.03. The van der Waals surface area contributed by atoms with Gasteiger partial charge in [0.1, 0.15) is 0 Å². The molecular weight excluding hydrogens is 232 g/mol. The van der Waals surface area contributed by atoms with Crippen LogP contribution in [0.5, 0.6) is 0 Å². The minimum atomic E-state index is -0.918. The van der Waals surface area contributed by atoms with Crippen LogP contribution < -0.4 is 11.1 Å². The minimum Gasteiger partial charge on any atom is -0.453 e. The van der Waals surface area contributed by atoms with Gasteiger partial charge in [-0.1, -0.05) is 0 Å². The first-order valence-corrected chi connectivity index (χ1v) is 5.11. The van der Waals surface area contributed by atoms with E-state index in [1.54, 1.807) is 0 Å². The zero-order valence-electron chi connectivity index (χ0n) is 9.87. The average molecular weight is 254 g/mol. The van der Waals surface area contributed by atoms with Crippen molar-refractivity contribution in [2.24, 2.45) is 5.73 Å². The summed E-state index contributed by atoms with van der Waals surface area (Å²) < 4.78 is 4.20. The first-order chi connectivity index (χ1) is 8.01. The summed E-state index contributed by atoms with van der Waals surface area (Å²) in [6, 6.07) is 0. The van der Waals surface area contributed by atoms with Crippen LogP contribution in [0.25, 0.3) is 0 Å². The van der Waals surface area contributed by atoms with Crippen LogP contribution in [0.3, 0.4) is 0 Å². The number of aliphatic hydroxyl groups excluding tert-OH is 4. The molecule has 7 N–H and O–H groups in total. The predicted octanol–water partition coefficient (Wildman–Crippen LogP) is -2.62. The second kappa shape index (κ2) is 13.1. The highest BCUT2D eigenvalue weighted by Gasteiger charge is 2.03. The molecule has 0 aromatic heterocycles. The predicted molar refractivity (Wildman–Crippen MR) is 60.3 cm³/mol. The van der Waals surface area contributed by atoms with Crippen molar-refractivity contribution in [2.45, 2.75) is 18.6 Å². The highest BCUT2D eigenvalue weighted by atomic mass is 16.5. The molecule has 0 spiro atoms. The highest BCUT2D eigenvalue weighted by Crippen LogP contribution is 1.83. The molecule has 0 fully saturated rings. The van der Waals surface area contributed by atoms with Crippen LogP contribution in [0.1, 0.15) is 6.42 Å². The molecule has 0 saturated carbocycles. The van der Waals surface area contributed by atoms with Crippen LogP contribution in [0, 0.1) is 0 Å². The molecular formula is C9H22N2O6. The second-order valence-electron chi connectivity index (χ2n) is 3.12. The molecule has 0 aromatic carbocycles. The number of ether oxygens (including phenoxy) is 1. The van der Waals surface area contributed by atoms with Crippen LogP contribution in [0.4, 0.5) is 4.79 Å². The zero-order chi connectivity index (χ0) is 13.7. The maximum atomic E-state index is 10.3. The summed E-state index contributed by atoms with van der Waals surface area (Å²) in [6.45, 7) is -0.119. The lowest BCUT2D eigenvalue weighted by atomic mass is 10.3. The minimum absolute atomic E-state index is 0.00315. The number of nitrogens with two attached hydrogens (primary N) is 1. The lowest BCUT2D eigenvalue weighted by Crippen LogP contribution is -2.33. The van der Waals surface area contributed by atoms with Gasteiger partial charge in [-0.25, -0.2) is 4.79 Å². The molecule has 0 radical (unpaired) electrons. The van der Waals surface area contributed by atoms with Gasteiger partial charge in [0.15, 0.2) is 0 Å². The molecule has 0 saturated heterocycles. The molecule has 104 valence electrons. The first-order valence-electron chi connectivity index (χ1n) is 5.11. The third-order valence-electron chi connectivity index (χ3n) is 1.59. The smallest absolute Gasteiger partial charge is 0.406 e. The maximum absolute atomic E-state index is 10.3. The maximum Gasteiger partial charge on any atom is 0.406 e. The van der Waals surface area contributed by atoms with Gasteiger partial charge in [-0.15, -0.1) is 0 Å². The van der Waals surface area contributed by atoms with E-state index in [4.69, 9.17) is 26.2 Å². The fourth-order valence-electron chi connectivity index (χ4n) is 0.622. The van der Waals surface area contributed by atoms with Crippen molar-refractivity contribution in [3.05, 3.63) is 0 Å². The Hall–Kier alpha value is -0.930. The highest BCUT2D eigenvalue weighted by molar-refractivity contribution is 5.66. The van der Waals surface area contributed by atoms with E-state index in [1.807, 2.05) is 0 Å². The van der Waals surface area contributed by atoms with Gasteiger partial charge in [0.2, 0.25) is 0 Å². The number of rotatable bonds is 6. The number of methoxy groups -OCH3 is 1. The number of nitrogens with one attached hydrogen (secondary N) is 1. The summed E-state index contributed by atoms with van der Waals surface area (Å²) in [4.78, 5) is 10.3. The number of alkyl carbamates (subject to hydrolysis) is 1. The lowest BCUT2D eigenvalue weighted by Gasteiger charge is -2.06. The molecule has 0 rings (SSSR count). The average Bonchev–Trinajstić information content (AvgIpc) is 2.36. The summed E-state index contributed by atoms with van der Waals surface area (Å²) in [7, 11) is 1.22. The van der Waals surface area contributed by atoms with E-state index >= 15 is 0 Å². The quantitative estimate of drug-likeness (QED) is 0.304. The van der Waals surface area contributed by atoms with Gasteiger partial charge in [-0.3, -0.25) is 0 Å².